The van der Waals surface area contributed by atoms with Crippen LogP contribution in [0.25, 0.3) is 0 Å². The van der Waals surface area contributed by atoms with E-state index in [1.54, 1.807) is 11.8 Å². The van der Waals surface area contributed by atoms with E-state index in [0.29, 0.717) is 13.0 Å². The van der Waals surface area contributed by atoms with E-state index >= 15 is 0 Å². The number of unbranched alkanes of at least 4 members (excludes halogenated alkanes) is 1. The third kappa shape index (κ3) is 3.58. The fourth-order valence-electron chi connectivity index (χ4n) is 2.12. The van der Waals surface area contributed by atoms with Crippen LogP contribution in [0.2, 0.25) is 0 Å². The largest absolute Gasteiger partial charge is 0.289 e. The average molecular weight is 309 g/mol. The summed E-state index contributed by atoms with van der Waals surface area (Å²) in [6.45, 7) is 2.62. The molecular formula is C15H19NO2S2. The second-order valence-corrected chi connectivity index (χ2v) is 6.80. The minimum absolute atomic E-state index is 0.0256. The van der Waals surface area contributed by atoms with Gasteiger partial charge < -0.3 is 0 Å². The van der Waals surface area contributed by atoms with Crippen molar-refractivity contribution in [2.45, 2.75) is 36.3 Å². The number of imide groups is 1. The molecular weight excluding hydrogens is 290 g/mol. The molecule has 0 aromatic heterocycles. The van der Waals surface area contributed by atoms with E-state index in [1.807, 2.05) is 18.4 Å². The minimum Gasteiger partial charge on any atom is -0.273 e. The Bertz CT molecular complexity index is 487. The van der Waals surface area contributed by atoms with Crippen molar-refractivity contribution < 1.29 is 9.59 Å². The van der Waals surface area contributed by atoms with Crippen LogP contribution >= 0.6 is 23.5 Å². The number of rotatable bonds is 6. The van der Waals surface area contributed by atoms with Gasteiger partial charge >= 0.3 is 0 Å². The maximum absolute atomic E-state index is 12.2. The molecule has 1 heterocycles. The Morgan fingerprint density at radius 1 is 1.25 bits per heavy atom. The van der Waals surface area contributed by atoms with Crippen LogP contribution in [0.4, 0.5) is 4.79 Å². The van der Waals surface area contributed by atoms with Gasteiger partial charge in [0.15, 0.2) is 0 Å². The molecule has 1 fully saturated rings. The number of carbonyl (C=O) groups is 2. The van der Waals surface area contributed by atoms with E-state index in [9.17, 15) is 9.59 Å². The lowest BCUT2D eigenvalue weighted by molar-refractivity contribution is -0.126. The van der Waals surface area contributed by atoms with Crippen LogP contribution in [-0.4, -0.2) is 34.1 Å². The van der Waals surface area contributed by atoms with Crippen molar-refractivity contribution in [1.82, 2.24) is 4.90 Å². The topological polar surface area (TPSA) is 37.4 Å². The van der Waals surface area contributed by atoms with Gasteiger partial charge in [-0.3, -0.25) is 14.5 Å². The molecule has 3 nitrogen and oxygen atoms in total. The summed E-state index contributed by atoms with van der Waals surface area (Å²) in [5.41, 5.74) is 1.11. The molecule has 0 aliphatic carbocycles. The molecule has 2 amide bonds. The number of carbonyl (C=O) groups excluding carboxylic acids is 2. The maximum Gasteiger partial charge on any atom is 0.289 e. The number of nitrogens with zero attached hydrogens (tertiary/aromatic N) is 1. The highest BCUT2D eigenvalue weighted by atomic mass is 32.2. The lowest BCUT2D eigenvalue weighted by Crippen LogP contribution is -2.33. The third-order valence-electron chi connectivity index (χ3n) is 3.32. The number of hydrogen-bond acceptors (Lipinski definition) is 4. The van der Waals surface area contributed by atoms with Crippen LogP contribution in [0, 0.1) is 0 Å². The molecule has 0 saturated carbocycles. The maximum atomic E-state index is 12.2. The zero-order valence-corrected chi connectivity index (χ0v) is 13.4. The van der Waals surface area contributed by atoms with Gasteiger partial charge in [0.2, 0.25) is 5.91 Å². The minimum atomic E-state index is -0.250. The van der Waals surface area contributed by atoms with Crippen LogP contribution in [0.1, 0.15) is 25.3 Å². The average Bonchev–Trinajstić information content (AvgIpc) is 2.72. The molecule has 1 aliphatic rings. The van der Waals surface area contributed by atoms with Gasteiger partial charge in [0.1, 0.15) is 0 Å². The first-order valence-electron chi connectivity index (χ1n) is 6.80. The van der Waals surface area contributed by atoms with Crippen molar-refractivity contribution in [1.29, 1.82) is 0 Å². The predicted molar refractivity (Wildman–Crippen MR) is 85.3 cm³/mol. The smallest absolute Gasteiger partial charge is 0.273 e. The fourth-order valence-corrected chi connectivity index (χ4v) is 3.59. The highest BCUT2D eigenvalue weighted by molar-refractivity contribution is 8.15. The summed E-state index contributed by atoms with van der Waals surface area (Å²) in [5, 5.41) is -0.339. The zero-order valence-electron chi connectivity index (χ0n) is 11.8. The van der Waals surface area contributed by atoms with E-state index in [-0.39, 0.29) is 16.4 Å². The Morgan fingerprint density at radius 3 is 2.55 bits per heavy atom. The quantitative estimate of drug-likeness (QED) is 0.749. The van der Waals surface area contributed by atoms with Crippen molar-refractivity contribution in [2.24, 2.45) is 0 Å². The van der Waals surface area contributed by atoms with Crippen LogP contribution < -0.4 is 0 Å². The Labute approximate surface area is 128 Å². The summed E-state index contributed by atoms with van der Waals surface area (Å²) in [7, 11) is 0. The Hall–Kier alpha value is -0.940. The number of benzene rings is 1. The summed E-state index contributed by atoms with van der Waals surface area (Å²) in [4.78, 5) is 26.7. The highest BCUT2D eigenvalue weighted by Crippen LogP contribution is 2.30. The van der Waals surface area contributed by atoms with E-state index in [4.69, 9.17) is 0 Å². The molecule has 1 aromatic rings. The Balaban J connectivity index is 1.99. The molecule has 108 valence electrons. The van der Waals surface area contributed by atoms with Gasteiger partial charge in [-0.2, -0.15) is 0 Å². The predicted octanol–water partition coefficient (Wildman–Crippen LogP) is 3.82. The van der Waals surface area contributed by atoms with Gasteiger partial charge in [0, 0.05) is 11.4 Å². The first kappa shape index (κ1) is 15.4. The van der Waals surface area contributed by atoms with Crippen LogP contribution in [0.5, 0.6) is 0 Å². The molecule has 0 spiro atoms. The summed E-state index contributed by atoms with van der Waals surface area (Å²) < 4.78 is 0. The van der Waals surface area contributed by atoms with Gasteiger partial charge in [0.25, 0.3) is 5.24 Å². The first-order valence-corrected chi connectivity index (χ1v) is 8.91. The summed E-state index contributed by atoms with van der Waals surface area (Å²) in [6.07, 6.45) is 4.54. The summed E-state index contributed by atoms with van der Waals surface area (Å²) >= 11 is 2.87. The summed E-state index contributed by atoms with van der Waals surface area (Å²) in [6, 6.07) is 8.19. The lowest BCUT2D eigenvalue weighted by atomic mass is 10.1. The molecule has 0 unspecified atom stereocenters. The molecule has 20 heavy (non-hydrogen) atoms. The van der Waals surface area contributed by atoms with Crippen molar-refractivity contribution in [3.8, 4) is 0 Å². The number of thioether (sulfide) groups is 2. The highest BCUT2D eigenvalue weighted by Gasteiger charge is 2.38. The number of amides is 2. The Kier molecular flexibility index (Phi) is 5.54. The van der Waals surface area contributed by atoms with Crippen molar-refractivity contribution >= 4 is 34.7 Å². The standard InChI is InChI=1S/C15H19NO2S2/c1-3-4-9-16-14(17)13(20-15(16)18)10-11-5-7-12(19-2)8-6-11/h5-8,13H,3-4,9-10H2,1-2H3/t13-/m1/s1. The van der Waals surface area contributed by atoms with Crippen LogP contribution in [0.3, 0.4) is 0 Å². The van der Waals surface area contributed by atoms with E-state index in [0.717, 1.165) is 18.4 Å². The molecule has 2 rings (SSSR count). The van der Waals surface area contributed by atoms with Crippen molar-refractivity contribution in [3.63, 3.8) is 0 Å². The van der Waals surface area contributed by atoms with Crippen LogP contribution in [0.15, 0.2) is 29.2 Å². The van der Waals surface area contributed by atoms with Gasteiger partial charge in [-0.05, 0) is 36.8 Å². The summed E-state index contributed by atoms with van der Waals surface area (Å²) in [5.74, 6) is -0.0256. The lowest BCUT2D eigenvalue weighted by Gasteiger charge is -2.13. The van der Waals surface area contributed by atoms with Gasteiger partial charge in [-0.1, -0.05) is 37.2 Å². The molecule has 5 heteroatoms. The molecule has 1 aliphatic heterocycles. The number of hydrogen-bond donors (Lipinski definition) is 0. The van der Waals surface area contributed by atoms with Crippen molar-refractivity contribution in [2.75, 3.05) is 12.8 Å². The molecule has 1 atom stereocenters. The van der Waals surface area contributed by atoms with Gasteiger partial charge in [-0.25, -0.2) is 0 Å². The normalized spacial score (nSPS) is 18.9. The van der Waals surface area contributed by atoms with E-state index < -0.39 is 0 Å². The second-order valence-electron chi connectivity index (χ2n) is 4.77. The monoisotopic (exact) mass is 309 g/mol. The zero-order chi connectivity index (χ0) is 14.5. The first-order chi connectivity index (χ1) is 9.65. The molecule has 0 bridgehead atoms. The van der Waals surface area contributed by atoms with E-state index in [2.05, 4.69) is 19.1 Å². The molecule has 0 N–H and O–H groups in total. The van der Waals surface area contributed by atoms with Gasteiger partial charge in [0.05, 0.1) is 5.25 Å². The fraction of sp³-hybridized carbons (Fsp3) is 0.467. The third-order valence-corrected chi connectivity index (χ3v) is 5.14. The SMILES string of the molecule is CCCCN1C(=O)S[C@H](Cc2ccc(SC)cc2)C1=O. The molecule has 1 saturated heterocycles. The second kappa shape index (κ2) is 7.18. The van der Waals surface area contributed by atoms with Crippen LogP contribution in [-0.2, 0) is 11.2 Å². The Morgan fingerprint density at radius 2 is 1.95 bits per heavy atom. The molecule has 1 aromatic carbocycles. The van der Waals surface area contributed by atoms with Crippen molar-refractivity contribution in [3.05, 3.63) is 29.8 Å². The van der Waals surface area contributed by atoms with Gasteiger partial charge in [-0.15, -0.1) is 11.8 Å². The van der Waals surface area contributed by atoms with E-state index in [1.165, 1.54) is 21.6 Å². The molecule has 0 radical (unpaired) electrons.